The van der Waals surface area contributed by atoms with Gasteiger partial charge in [-0.05, 0) is 52.7 Å². The molecule has 4 heteroatoms. The largest absolute Gasteiger partial charge is 0.478 e. The van der Waals surface area contributed by atoms with Crippen molar-refractivity contribution in [3.63, 3.8) is 0 Å². The minimum absolute atomic E-state index is 0.230. The lowest BCUT2D eigenvalue weighted by atomic mass is 9.79. The molecule has 1 aromatic rings. The van der Waals surface area contributed by atoms with E-state index in [2.05, 4.69) is 33.0 Å². The average Bonchev–Trinajstić information content (AvgIpc) is 2.36. The highest BCUT2D eigenvalue weighted by Crippen LogP contribution is 2.36. The number of piperidine rings is 1. The van der Waals surface area contributed by atoms with Crippen molar-refractivity contribution >= 4 is 0 Å². The van der Waals surface area contributed by atoms with Crippen LogP contribution < -0.4 is 10.1 Å². The first-order valence-electron chi connectivity index (χ1n) is 7.22. The van der Waals surface area contributed by atoms with Gasteiger partial charge in [0.1, 0.15) is 12.5 Å². The van der Waals surface area contributed by atoms with Gasteiger partial charge < -0.3 is 9.94 Å². The number of nitrogens with one attached hydrogen (secondary N) is 1. The van der Waals surface area contributed by atoms with E-state index in [9.17, 15) is 5.21 Å². The van der Waals surface area contributed by atoms with E-state index < -0.39 is 0 Å². The van der Waals surface area contributed by atoms with Gasteiger partial charge >= 0.3 is 0 Å². The van der Waals surface area contributed by atoms with Crippen molar-refractivity contribution in [2.45, 2.75) is 57.7 Å². The highest BCUT2D eigenvalue weighted by Gasteiger charge is 2.44. The van der Waals surface area contributed by atoms with Crippen LogP contribution in [0.1, 0.15) is 40.5 Å². The maximum atomic E-state index is 10.3. The number of ether oxygens (including phenoxy) is 1. The Kier molecular flexibility index (Phi) is 4.37. The van der Waals surface area contributed by atoms with Crippen molar-refractivity contribution in [3.8, 4) is 5.75 Å². The lowest BCUT2D eigenvalue weighted by Gasteiger charge is -2.51. The van der Waals surface area contributed by atoms with Crippen LogP contribution in [0, 0.1) is 0 Å². The van der Waals surface area contributed by atoms with E-state index in [1.165, 1.54) is 5.06 Å². The van der Waals surface area contributed by atoms with E-state index in [0.29, 0.717) is 12.8 Å². The predicted octanol–water partition coefficient (Wildman–Crippen LogP) is 3.02. The van der Waals surface area contributed by atoms with Gasteiger partial charge in [-0.2, -0.15) is 5.06 Å². The van der Waals surface area contributed by atoms with Crippen LogP contribution in [0.15, 0.2) is 30.3 Å². The number of rotatable bonds is 4. The fourth-order valence-electron chi connectivity index (χ4n) is 3.17. The molecule has 0 saturated carbocycles. The summed E-state index contributed by atoms with van der Waals surface area (Å²) in [7, 11) is 0. The van der Waals surface area contributed by atoms with Crippen LogP contribution in [0.25, 0.3) is 0 Å². The number of para-hydroxylation sites is 1. The van der Waals surface area contributed by atoms with E-state index in [1.807, 2.05) is 30.3 Å². The van der Waals surface area contributed by atoms with Gasteiger partial charge in [0.15, 0.2) is 0 Å². The van der Waals surface area contributed by atoms with Gasteiger partial charge in [0.2, 0.25) is 0 Å². The fourth-order valence-corrected chi connectivity index (χ4v) is 3.17. The van der Waals surface area contributed by atoms with Crippen molar-refractivity contribution in [1.29, 1.82) is 0 Å². The summed E-state index contributed by atoms with van der Waals surface area (Å²) in [5, 5.41) is 15.2. The Morgan fingerprint density at radius 2 is 1.70 bits per heavy atom. The zero-order valence-corrected chi connectivity index (χ0v) is 12.9. The molecule has 1 heterocycles. The Morgan fingerprint density at radius 1 is 1.15 bits per heavy atom. The third-order valence-corrected chi connectivity index (χ3v) is 3.99. The van der Waals surface area contributed by atoms with Gasteiger partial charge in [0.05, 0.1) is 0 Å². The predicted molar refractivity (Wildman–Crippen MR) is 79.9 cm³/mol. The topological polar surface area (TPSA) is 44.7 Å². The van der Waals surface area contributed by atoms with Gasteiger partial charge in [-0.15, -0.1) is 0 Å². The molecule has 0 unspecified atom stereocenters. The Balaban J connectivity index is 1.87. The highest BCUT2D eigenvalue weighted by atomic mass is 16.5. The summed E-state index contributed by atoms with van der Waals surface area (Å²) >= 11 is 0. The molecule has 2 N–H and O–H groups in total. The maximum Gasteiger partial charge on any atom is 0.139 e. The lowest BCUT2D eigenvalue weighted by Crippen LogP contribution is -2.62. The first kappa shape index (κ1) is 15.3. The maximum absolute atomic E-state index is 10.3. The molecule has 0 aliphatic carbocycles. The van der Waals surface area contributed by atoms with Crippen molar-refractivity contribution < 1.29 is 9.94 Å². The monoisotopic (exact) mass is 278 g/mol. The molecule has 0 atom stereocenters. The van der Waals surface area contributed by atoms with Crippen molar-refractivity contribution in [1.82, 2.24) is 10.4 Å². The van der Waals surface area contributed by atoms with Gasteiger partial charge in [0.25, 0.3) is 0 Å². The SMILES string of the molecule is CC1(C)CC(NCOc2ccccc2)CC(C)(C)N1O. The first-order valence-corrected chi connectivity index (χ1v) is 7.22. The van der Waals surface area contributed by atoms with Crippen LogP contribution in [0.5, 0.6) is 5.75 Å². The minimum atomic E-state index is -0.230. The van der Waals surface area contributed by atoms with E-state index in [0.717, 1.165) is 18.6 Å². The summed E-state index contributed by atoms with van der Waals surface area (Å²) in [6.45, 7) is 8.77. The third-order valence-electron chi connectivity index (χ3n) is 3.99. The Labute approximate surface area is 121 Å². The van der Waals surface area contributed by atoms with Gasteiger partial charge in [-0.1, -0.05) is 18.2 Å². The normalized spacial score (nSPS) is 22.6. The molecule has 0 radical (unpaired) electrons. The Hall–Kier alpha value is -1.10. The Bertz CT molecular complexity index is 413. The van der Waals surface area contributed by atoms with Gasteiger partial charge in [0, 0.05) is 17.1 Å². The minimum Gasteiger partial charge on any atom is -0.478 e. The van der Waals surface area contributed by atoms with Crippen LogP contribution in [-0.4, -0.2) is 34.1 Å². The molecular weight excluding hydrogens is 252 g/mol. The molecule has 1 fully saturated rings. The standard InChI is InChI=1S/C16H26N2O2/c1-15(2)10-13(11-16(3,4)18(15)19)17-12-20-14-8-6-5-7-9-14/h5-9,13,17,19H,10-12H2,1-4H3. The summed E-state index contributed by atoms with van der Waals surface area (Å²) in [6.07, 6.45) is 1.79. The molecule has 1 aliphatic heterocycles. The number of nitrogens with zero attached hydrogens (tertiary/aromatic N) is 1. The Morgan fingerprint density at radius 3 is 2.25 bits per heavy atom. The molecule has 2 rings (SSSR count). The molecular formula is C16H26N2O2. The zero-order chi connectivity index (χ0) is 14.8. The van der Waals surface area contributed by atoms with E-state index in [-0.39, 0.29) is 11.1 Å². The van der Waals surface area contributed by atoms with Gasteiger partial charge in [-0.3, -0.25) is 5.32 Å². The summed E-state index contributed by atoms with van der Waals surface area (Å²) < 4.78 is 5.68. The molecule has 0 amide bonds. The van der Waals surface area contributed by atoms with Crippen molar-refractivity contribution in [3.05, 3.63) is 30.3 Å². The third kappa shape index (κ3) is 3.51. The second-order valence-electron chi connectivity index (χ2n) is 6.85. The lowest BCUT2D eigenvalue weighted by molar-refractivity contribution is -0.246. The summed E-state index contributed by atoms with van der Waals surface area (Å²) in [5.41, 5.74) is -0.460. The van der Waals surface area contributed by atoms with Crippen molar-refractivity contribution in [2.75, 3.05) is 6.73 Å². The highest BCUT2D eigenvalue weighted by molar-refractivity contribution is 5.20. The molecule has 4 nitrogen and oxygen atoms in total. The van der Waals surface area contributed by atoms with Crippen LogP contribution in [-0.2, 0) is 0 Å². The summed E-state index contributed by atoms with van der Waals surface area (Å²) in [5.74, 6) is 0.873. The number of hydrogen-bond donors (Lipinski definition) is 2. The zero-order valence-electron chi connectivity index (χ0n) is 12.9. The second kappa shape index (κ2) is 5.72. The summed E-state index contributed by atoms with van der Waals surface area (Å²) in [6, 6.07) is 10.1. The second-order valence-corrected chi connectivity index (χ2v) is 6.85. The quantitative estimate of drug-likeness (QED) is 0.831. The molecule has 20 heavy (non-hydrogen) atoms. The van der Waals surface area contributed by atoms with Crippen molar-refractivity contribution in [2.24, 2.45) is 0 Å². The molecule has 1 aliphatic rings. The molecule has 0 bridgehead atoms. The number of benzene rings is 1. The molecule has 0 aromatic heterocycles. The first-order chi connectivity index (χ1) is 9.31. The van der Waals surface area contributed by atoms with E-state index in [1.54, 1.807) is 0 Å². The smallest absolute Gasteiger partial charge is 0.139 e. The summed E-state index contributed by atoms with van der Waals surface area (Å²) in [4.78, 5) is 0. The number of hydrogen-bond acceptors (Lipinski definition) is 4. The van der Waals surface area contributed by atoms with Gasteiger partial charge in [-0.25, -0.2) is 0 Å². The molecule has 1 saturated heterocycles. The molecule has 0 spiro atoms. The molecule has 112 valence electrons. The van der Waals surface area contributed by atoms with Crippen LogP contribution in [0.2, 0.25) is 0 Å². The van der Waals surface area contributed by atoms with E-state index in [4.69, 9.17) is 4.74 Å². The van der Waals surface area contributed by atoms with E-state index >= 15 is 0 Å². The average molecular weight is 278 g/mol. The molecule has 1 aromatic carbocycles. The van der Waals surface area contributed by atoms with Crippen LogP contribution in [0.3, 0.4) is 0 Å². The fraction of sp³-hybridized carbons (Fsp3) is 0.625. The number of hydroxylamine groups is 2. The van der Waals surface area contributed by atoms with Crippen LogP contribution >= 0.6 is 0 Å². The van der Waals surface area contributed by atoms with Crippen LogP contribution in [0.4, 0.5) is 0 Å².